The molecular formula is C18H16FN3OS2. The first-order valence-corrected chi connectivity index (χ1v) is 9.92. The Kier molecular flexibility index (Phi) is 4.35. The number of hydrogen-bond donors (Lipinski definition) is 1. The van der Waals surface area contributed by atoms with Crippen LogP contribution in [0.5, 0.6) is 0 Å². The van der Waals surface area contributed by atoms with E-state index >= 15 is 0 Å². The number of thioether (sulfide) groups is 1. The van der Waals surface area contributed by atoms with Gasteiger partial charge in [-0.05, 0) is 48.7 Å². The lowest BCUT2D eigenvalue weighted by Gasteiger charge is -2.37. The van der Waals surface area contributed by atoms with Gasteiger partial charge in [-0.2, -0.15) is 0 Å². The molecule has 4 rings (SSSR count). The summed E-state index contributed by atoms with van der Waals surface area (Å²) in [7, 11) is 0. The highest BCUT2D eigenvalue weighted by atomic mass is 32.2. The molecule has 25 heavy (non-hydrogen) atoms. The van der Waals surface area contributed by atoms with Crippen LogP contribution in [0.2, 0.25) is 0 Å². The highest BCUT2D eigenvalue weighted by Gasteiger charge is 2.34. The van der Waals surface area contributed by atoms with Gasteiger partial charge in [-0.15, -0.1) is 11.8 Å². The Morgan fingerprint density at radius 1 is 1.28 bits per heavy atom. The lowest BCUT2D eigenvalue weighted by molar-refractivity contribution is -0.120. The molecule has 0 bridgehead atoms. The van der Waals surface area contributed by atoms with Crippen molar-refractivity contribution in [1.82, 2.24) is 4.98 Å². The van der Waals surface area contributed by atoms with E-state index in [-0.39, 0.29) is 17.6 Å². The van der Waals surface area contributed by atoms with Gasteiger partial charge >= 0.3 is 0 Å². The first-order chi connectivity index (χ1) is 12.1. The van der Waals surface area contributed by atoms with Gasteiger partial charge in [0.1, 0.15) is 5.82 Å². The van der Waals surface area contributed by atoms with Gasteiger partial charge in [-0.1, -0.05) is 11.3 Å². The summed E-state index contributed by atoms with van der Waals surface area (Å²) in [4.78, 5) is 20.1. The number of rotatable bonds is 4. The van der Waals surface area contributed by atoms with Gasteiger partial charge in [0.25, 0.3) is 0 Å². The summed E-state index contributed by atoms with van der Waals surface area (Å²) >= 11 is 3.13. The maximum atomic E-state index is 13.3. The number of nitrogens with one attached hydrogen (secondary N) is 1. The molecule has 2 heterocycles. The first-order valence-electron chi connectivity index (χ1n) is 7.88. The fraction of sp³-hybridized carbons (Fsp3) is 0.222. The molecule has 0 spiro atoms. The minimum Gasteiger partial charge on any atom is -0.346 e. The number of aromatic nitrogens is 1. The van der Waals surface area contributed by atoms with Crippen molar-refractivity contribution >= 4 is 50.0 Å². The fourth-order valence-electron chi connectivity index (χ4n) is 2.74. The van der Waals surface area contributed by atoms with Crippen molar-refractivity contribution in [2.24, 2.45) is 5.92 Å². The maximum absolute atomic E-state index is 13.3. The molecule has 0 radical (unpaired) electrons. The third kappa shape index (κ3) is 3.34. The topological polar surface area (TPSA) is 45.2 Å². The Bertz CT molecular complexity index is 920. The van der Waals surface area contributed by atoms with Crippen LogP contribution in [0.4, 0.5) is 15.2 Å². The van der Waals surface area contributed by atoms with Gasteiger partial charge in [0.15, 0.2) is 5.13 Å². The van der Waals surface area contributed by atoms with E-state index in [0.29, 0.717) is 13.1 Å². The Morgan fingerprint density at radius 2 is 2.04 bits per heavy atom. The molecule has 128 valence electrons. The zero-order valence-corrected chi connectivity index (χ0v) is 15.2. The van der Waals surface area contributed by atoms with Gasteiger partial charge in [0.2, 0.25) is 5.91 Å². The summed E-state index contributed by atoms with van der Waals surface area (Å²) in [5, 5.41) is 3.80. The van der Waals surface area contributed by atoms with E-state index in [1.807, 2.05) is 30.5 Å². The number of carbonyl (C=O) groups excluding carboxylic acids is 1. The zero-order valence-electron chi connectivity index (χ0n) is 13.5. The summed E-state index contributed by atoms with van der Waals surface area (Å²) in [6, 6.07) is 12.4. The van der Waals surface area contributed by atoms with Crippen LogP contribution in [0.25, 0.3) is 10.2 Å². The molecular weight excluding hydrogens is 357 g/mol. The van der Waals surface area contributed by atoms with E-state index < -0.39 is 0 Å². The molecule has 0 atom stereocenters. The van der Waals surface area contributed by atoms with E-state index in [4.69, 9.17) is 0 Å². The van der Waals surface area contributed by atoms with Crippen molar-refractivity contribution in [1.29, 1.82) is 0 Å². The van der Waals surface area contributed by atoms with Crippen LogP contribution in [0.15, 0.2) is 47.4 Å². The van der Waals surface area contributed by atoms with Crippen molar-refractivity contribution in [3.8, 4) is 0 Å². The highest BCUT2D eigenvalue weighted by Crippen LogP contribution is 2.33. The number of anilines is 2. The minimum atomic E-state index is -0.254. The van der Waals surface area contributed by atoms with Crippen LogP contribution in [0.3, 0.4) is 0 Å². The molecule has 4 nitrogen and oxygen atoms in total. The Balaban J connectivity index is 1.37. The predicted octanol–water partition coefficient (Wildman–Crippen LogP) is 4.23. The third-order valence-electron chi connectivity index (χ3n) is 4.22. The van der Waals surface area contributed by atoms with E-state index in [1.54, 1.807) is 17.8 Å². The van der Waals surface area contributed by atoms with E-state index in [0.717, 1.165) is 21.0 Å². The molecule has 1 saturated heterocycles. The van der Waals surface area contributed by atoms with Crippen LogP contribution in [-0.2, 0) is 4.79 Å². The number of hydrogen-bond acceptors (Lipinski definition) is 5. The number of carbonyl (C=O) groups is 1. The van der Waals surface area contributed by atoms with Gasteiger partial charge in [0.05, 0.1) is 16.1 Å². The predicted molar refractivity (Wildman–Crippen MR) is 102 cm³/mol. The number of nitrogens with zero attached hydrogens (tertiary/aromatic N) is 2. The van der Waals surface area contributed by atoms with Gasteiger partial charge < -0.3 is 10.2 Å². The SMILES string of the molecule is CSc1ccc(NC(=O)C2CN(c3nc4ccc(F)cc4s3)C2)cc1. The zero-order chi connectivity index (χ0) is 17.4. The molecule has 0 saturated carbocycles. The van der Waals surface area contributed by atoms with Crippen molar-refractivity contribution < 1.29 is 9.18 Å². The van der Waals surface area contributed by atoms with Gasteiger partial charge in [-0.3, -0.25) is 4.79 Å². The average Bonchev–Trinajstić information content (AvgIpc) is 2.96. The largest absolute Gasteiger partial charge is 0.346 e. The number of benzene rings is 2. The van der Waals surface area contributed by atoms with Crippen molar-refractivity contribution in [2.45, 2.75) is 4.90 Å². The fourth-order valence-corrected chi connectivity index (χ4v) is 4.16. The van der Waals surface area contributed by atoms with E-state index in [2.05, 4.69) is 15.2 Å². The Hall–Kier alpha value is -2.12. The van der Waals surface area contributed by atoms with Gasteiger partial charge in [-0.25, -0.2) is 9.37 Å². The number of halogens is 1. The Morgan fingerprint density at radius 3 is 2.76 bits per heavy atom. The second-order valence-corrected chi connectivity index (χ2v) is 7.82. The molecule has 1 aliphatic heterocycles. The summed E-state index contributed by atoms with van der Waals surface area (Å²) in [5.41, 5.74) is 1.61. The second-order valence-electron chi connectivity index (χ2n) is 5.93. The van der Waals surface area contributed by atoms with Crippen LogP contribution in [0.1, 0.15) is 0 Å². The quantitative estimate of drug-likeness (QED) is 0.695. The smallest absolute Gasteiger partial charge is 0.231 e. The van der Waals surface area contributed by atoms with Crippen LogP contribution in [0, 0.1) is 11.7 Å². The molecule has 0 aliphatic carbocycles. The van der Waals surface area contributed by atoms with Crippen molar-refractivity contribution in [2.75, 3.05) is 29.6 Å². The molecule has 1 aliphatic rings. The molecule has 2 aromatic carbocycles. The van der Waals surface area contributed by atoms with Crippen LogP contribution < -0.4 is 10.2 Å². The van der Waals surface area contributed by atoms with Gasteiger partial charge in [0, 0.05) is 23.7 Å². The van der Waals surface area contributed by atoms with Crippen LogP contribution in [-0.4, -0.2) is 30.2 Å². The third-order valence-corrected chi connectivity index (χ3v) is 6.04. The molecule has 1 N–H and O–H groups in total. The summed E-state index contributed by atoms with van der Waals surface area (Å²) in [5.74, 6) is -0.277. The second kappa shape index (κ2) is 6.65. The van der Waals surface area contributed by atoms with E-state index in [1.165, 1.54) is 28.4 Å². The number of amides is 1. The average molecular weight is 373 g/mol. The summed E-state index contributed by atoms with van der Waals surface area (Å²) in [6.07, 6.45) is 2.02. The molecule has 3 aromatic rings. The first kappa shape index (κ1) is 16.4. The van der Waals surface area contributed by atoms with Crippen molar-refractivity contribution in [3.63, 3.8) is 0 Å². The molecule has 0 unspecified atom stereocenters. The maximum Gasteiger partial charge on any atom is 0.231 e. The highest BCUT2D eigenvalue weighted by molar-refractivity contribution is 7.98. The lowest BCUT2D eigenvalue weighted by Crippen LogP contribution is -2.52. The number of thiazole rings is 1. The molecule has 1 aromatic heterocycles. The number of fused-ring (bicyclic) bond motifs is 1. The monoisotopic (exact) mass is 373 g/mol. The molecule has 7 heteroatoms. The standard InChI is InChI=1S/C18H16FN3OS2/c1-24-14-5-3-13(4-6-14)20-17(23)11-9-22(10-11)18-21-15-7-2-12(19)8-16(15)25-18/h2-8,11H,9-10H2,1H3,(H,20,23). The van der Waals surface area contributed by atoms with Crippen LogP contribution >= 0.6 is 23.1 Å². The summed E-state index contributed by atoms with van der Waals surface area (Å²) < 4.78 is 14.1. The lowest BCUT2D eigenvalue weighted by atomic mass is 10.00. The normalized spacial score (nSPS) is 14.6. The molecule has 1 fully saturated rings. The summed E-state index contributed by atoms with van der Waals surface area (Å²) in [6.45, 7) is 1.27. The minimum absolute atomic E-state index is 0.0281. The molecule has 1 amide bonds. The van der Waals surface area contributed by atoms with E-state index in [9.17, 15) is 9.18 Å². The van der Waals surface area contributed by atoms with Crippen molar-refractivity contribution in [3.05, 3.63) is 48.3 Å². The Labute approximate surface area is 153 Å².